The molecule has 11 nitrogen and oxygen atoms in total. The molecule has 0 aliphatic rings. The van der Waals surface area contributed by atoms with E-state index in [4.69, 9.17) is 9.79 Å². The van der Waals surface area contributed by atoms with Gasteiger partial charge in [-0.15, -0.1) is 0 Å². The number of nitrogens with one attached hydrogen (secondary N) is 3. The van der Waals surface area contributed by atoms with E-state index < -0.39 is 26.6 Å². The summed E-state index contributed by atoms with van der Waals surface area (Å²) < 4.78 is 15.4. The van der Waals surface area contributed by atoms with Crippen molar-refractivity contribution in [1.82, 2.24) is 20.3 Å². The van der Waals surface area contributed by atoms with Crippen molar-refractivity contribution in [2.45, 2.75) is 12.1 Å². The SMILES string of the molecule is O=c1[nH]cnc2c(CNCC(CO)(CO)OP(=O)(O)O)c[nH]c12. The molecule has 2 aromatic rings. The molecular weight excluding hydrogens is 331 g/mol. The molecule has 0 spiro atoms. The van der Waals surface area contributed by atoms with E-state index in [0.717, 1.165) is 0 Å². The Labute approximate surface area is 129 Å². The highest BCUT2D eigenvalue weighted by Crippen LogP contribution is 2.41. The van der Waals surface area contributed by atoms with Gasteiger partial charge in [-0.05, 0) is 0 Å². The van der Waals surface area contributed by atoms with Gasteiger partial charge < -0.3 is 35.3 Å². The van der Waals surface area contributed by atoms with Gasteiger partial charge in [0.2, 0.25) is 0 Å². The summed E-state index contributed by atoms with van der Waals surface area (Å²) in [5, 5.41) is 21.4. The number of hydrogen-bond donors (Lipinski definition) is 7. The molecule has 2 aromatic heterocycles. The molecule has 0 radical (unpaired) electrons. The summed E-state index contributed by atoms with van der Waals surface area (Å²) >= 11 is 0. The van der Waals surface area contributed by atoms with Crippen LogP contribution in [0.25, 0.3) is 11.0 Å². The van der Waals surface area contributed by atoms with Crippen LogP contribution in [0.2, 0.25) is 0 Å². The lowest BCUT2D eigenvalue weighted by Gasteiger charge is -2.30. The van der Waals surface area contributed by atoms with Crippen LogP contribution in [0, 0.1) is 0 Å². The van der Waals surface area contributed by atoms with E-state index in [0.29, 0.717) is 16.6 Å². The molecule has 7 N–H and O–H groups in total. The molecule has 2 rings (SSSR count). The number of rotatable bonds is 8. The summed E-state index contributed by atoms with van der Waals surface area (Å²) in [6.45, 7) is -1.66. The van der Waals surface area contributed by atoms with Gasteiger partial charge in [0.15, 0.2) is 0 Å². The van der Waals surface area contributed by atoms with Gasteiger partial charge in [-0.2, -0.15) is 0 Å². The van der Waals surface area contributed by atoms with E-state index in [1.807, 2.05) is 0 Å². The van der Waals surface area contributed by atoms with Crippen LogP contribution in [-0.2, 0) is 15.6 Å². The average molecular weight is 348 g/mol. The van der Waals surface area contributed by atoms with E-state index in [1.165, 1.54) is 6.33 Å². The van der Waals surface area contributed by atoms with Gasteiger partial charge in [-0.25, -0.2) is 9.55 Å². The van der Waals surface area contributed by atoms with Crippen LogP contribution < -0.4 is 10.9 Å². The van der Waals surface area contributed by atoms with Gasteiger partial charge in [0.1, 0.15) is 11.1 Å². The molecular formula is C11H17N4O7P. The Balaban J connectivity index is 2.08. The van der Waals surface area contributed by atoms with Crippen LogP contribution in [0.1, 0.15) is 5.56 Å². The van der Waals surface area contributed by atoms with Gasteiger partial charge in [0.25, 0.3) is 5.56 Å². The maximum absolute atomic E-state index is 11.6. The topological polar surface area (TPSA) is 181 Å². The molecule has 0 unspecified atom stereocenters. The molecule has 12 heteroatoms. The van der Waals surface area contributed by atoms with E-state index in [9.17, 15) is 19.6 Å². The largest absolute Gasteiger partial charge is 0.470 e. The first-order chi connectivity index (χ1) is 10.8. The first-order valence-corrected chi connectivity index (χ1v) is 8.06. The summed E-state index contributed by atoms with van der Waals surface area (Å²) in [7, 11) is -4.89. The van der Waals surface area contributed by atoms with Crippen molar-refractivity contribution in [2.75, 3.05) is 19.8 Å². The Morgan fingerprint density at radius 3 is 2.61 bits per heavy atom. The maximum atomic E-state index is 11.6. The van der Waals surface area contributed by atoms with Crippen molar-refractivity contribution < 1.29 is 29.1 Å². The van der Waals surface area contributed by atoms with Crippen molar-refractivity contribution >= 4 is 18.9 Å². The fourth-order valence-electron chi connectivity index (χ4n) is 2.07. The second-order valence-electron chi connectivity index (χ2n) is 4.95. The second-order valence-corrected chi connectivity index (χ2v) is 6.12. The number of phosphoric ester groups is 1. The lowest BCUT2D eigenvalue weighted by molar-refractivity contribution is -0.0492. The zero-order valence-electron chi connectivity index (χ0n) is 11.9. The minimum Gasteiger partial charge on any atom is -0.393 e. The minimum absolute atomic E-state index is 0.169. The van der Waals surface area contributed by atoms with Crippen molar-refractivity contribution in [3.63, 3.8) is 0 Å². The van der Waals surface area contributed by atoms with E-state index in [-0.39, 0.29) is 18.6 Å². The molecule has 0 atom stereocenters. The third-order valence-electron chi connectivity index (χ3n) is 3.20. The van der Waals surface area contributed by atoms with E-state index in [2.05, 4.69) is 24.8 Å². The Bertz CT molecular complexity index is 763. The number of phosphoric acid groups is 1. The fourth-order valence-corrected chi connectivity index (χ4v) is 2.75. The van der Waals surface area contributed by atoms with Crippen molar-refractivity contribution in [1.29, 1.82) is 0 Å². The van der Waals surface area contributed by atoms with E-state index in [1.54, 1.807) is 6.20 Å². The normalized spacial score (nSPS) is 12.9. The van der Waals surface area contributed by atoms with Gasteiger partial charge >= 0.3 is 7.82 Å². The van der Waals surface area contributed by atoms with Crippen LogP contribution in [0.5, 0.6) is 0 Å². The Morgan fingerprint density at radius 2 is 2.00 bits per heavy atom. The van der Waals surface area contributed by atoms with Crippen LogP contribution in [-0.4, -0.2) is 60.3 Å². The third-order valence-corrected chi connectivity index (χ3v) is 3.82. The van der Waals surface area contributed by atoms with Crippen LogP contribution in [0.15, 0.2) is 17.3 Å². The maximum Gasteiger partial charge on any atom is 0.470 e. The van der Waals surface area contributed by atoms with Gasteiger partial charge in [-0.3, -0.25) is 9.32 Å². The minimum atomic E-state index is -4.89. The zero-order chi connectivity index (χ0) is 17.1. The molecule has 0 aromatic carbocycles. The Morgan fingerprint density at radius 1 is 1.30 bits per heavy atom. The Kier molecular flexibility index (Phi) is 5.32. The summed E-state index contributed by atoms with van der Waals surface area (Å²) in [5.41, 5.74) is -0.795. The highest BCUT2D eigenvalue weighted by atomic mass is 31.2. The predicted molar refractivity (Wildman–Crippen MR) is 78.5 cm³/mol. The van der Waals surface area contributed by atoms with Gasteiger partial charge in [-0.1, -0.05) is 0 Å². The number of aliphatic hydroxyl groups is 2. The number of nitrogens with zero attached hydrogens (tertiary/aromatic N) is 1. The van der Waals surface area contributed by atoms with Crippen molar-refractivity contribution in [3.05, 3.63) is 28.4 Å². The fraction of sp³-hybridized carbons (Fsp3) is 0.455. The van der Waals surface area contributed by atoms with Gasteiger partial charge in [0, 0.05) is 24.8 Å². The first-order valence-electron chi connectivity index (χ1n) is 6.53. The van der Waals surface area contributed by atoms with Crippen molar-refractivity contribution in [3.8, 4) is 0 Å². The third kappa shape index (κ3) is 4.24. The van der Waals surface area contributed by atoms with Crippen LogP contribution in [0.4, 0.5) is 0 Å². The quantitative estimate of drug-likeness (QED) is 0.270. The van der Waals surface area contributed by atoms with Crippen LogP contribution >= 0.6 is 7.82 Å². The lowest BCUT2D eigenvalue weighted by Crippen LogP contribution is -2.48. The average Bonchev–Trinajstić information content (AvgIpc) is 2.90. The summed E-state index contributed by atoms with van der Waals surface area (Å²) in [4.78, 5) is 38.5. The standard InChI is InChI=1S/C11H17N4O7P/c16-4-11(5-17,22-23(19,20)21)3-12-1-7-2-13-9-8(7)14-6-15-10(9)18/h2,6,12-13,16-17H,1,3-5H2,(H,14,15,18)(H2,19,20,21). The van der Waals surface area contributed by atoms with Crippen LogP contribution in [0.3, 0.4) is 0 Å². The number of aromatic amines is 2. The highest BCUT2D eigenvalue weighted by Gasteiger charge is 2.37. The lowest BCUT2D eigenvalue weighted by atomic mass is 10.1. The molecule has 0 bridgehead atoms. The molecule has 23 heavy (non-hydrogen) atoms. The molecule has 0 aliphatic heterocycles. The second kappa shape index (κ2) is 6.89. The smallest absolute Gasteiger partial charge is 0.393 e. The predicted octanol–water partition coefficient (Wildman–Crippen LogP) is -1.83. The first kappa shape index (κ1) is 17.8. The molecule has 0 aliphatic carbocycles. The Hall–Kier alpha value is -1.59. The molecule has 0 saturated carbocycles. The number of aromatic nitrogens is 3. The van der Waals surface area contributed by atoms with Gasteiger partial charge in [0.05, 0.1) is 25.1 Å². The molecule has 128 valence electrons. The van der Waals surface area contributed by atoms with E-state index >= 15 is 0 Å². The molecule has 2 heterocycles. The van der Waals surface area contributed by atoms with Crippen molar-refractivity contribution in [2.24, 2.45) is 0 Å². The summed E-state index contributed by atoms with van der Waals surface area (Å²) in [5.74, 6) is 0. The number of hydrogen-bond acceptors (Lipinski definition) is 7. The highest BCUT2D eigenvalue weighted by molar-refractivity contribution is 7.46. The monoisotopic (exact) mass is 348 g/mol. The molecule has 0 fully saturated rings. The molecule has 0 saturated heterocycles. The molecule has 0 amide bonds. The number of aliphatic hydroxyl groups excluding tert-OH is 2. The number of fused-ring (bicyclic) bond motifs is 1. The zero-order valence-corrected chi connectivity index (χ0v) is 12.8. The number of H-pyrrole nitrogens is 2. The summed E-state index contributed by atoms with van der Waals surface area (Å²) in [6.07, 6.45) is 2.81. The summed E-state index contributed by atoms with van der Waals surface area (Å²) in [6, 6.07) is 0.